The van der Waals surface area contributed by atoms with Crippen molar-refractivity contribution in [1.82, 2.24) is 24.8 Å². The lowest BCUT2D eigenvalue weighted by Crippen LogP contribution is -2.50. The molecule has 39 heavy (non-hydrogen) atoms. The fraction of sp³-hybridized carbons (Fsp3) is 0.192. The Hall–Kier alpha value is -4.36. The average Bonchev–Trinajstić information content (AvgIpc) is 3.33. The normalized spacial score (nSPS) is 13.7. The first-order chi connectivity index (χ1) is 18.5. The number of anilines is 3. The predicted octanol–water partition coefficient (Wildman–Crippen LogP) is 4.12. The Morgan fingerprint density at radius 3 is 2.36 bits per heavy atom. The van der Waals surface area contributed by atoms with Crippen molar-refractivity contribution in [3.8, 4) is 0 Å². The minimum Gasteiger partial charge on any atom is -0.450 e. The van der Waals surface area contributed by atoms with Crippen LogP contribution in [-0.2, 0) is 10.0 Å². The zero-order valence-electron chi connectivity index (χ0n) is 20.0. The largest absolute Gasteiger partial charge is 0.450 e. The van der Waals surface area contributed by atoms with Crippen LogP contribution in [0.3, 0.4) is 0 Å². The topological polar surface area (TPSA) is 129 Å². The maximum atomic E-state index is 12.6. The maximum absolute atomic E-state index is 12.6. The number of benzene rings is 2. The average molecular weight is 563 g/mol. The van der Waals surface area contributed by atoms with Gasteiger partial charge in [-0.2, -0.15) is 0 Å². The van der Waals surface area contributed by atoms with Crippen molar-refractivity contribution in [3.63, 3.8) is 0 Å². The van der Waals surface area contributed by atoms with Crippen molar-refractivity contribution < 1.29 is 12.8 Å². The van der Waals surface area contributed by atoms with Crippen molar-refractivity contribution >= 4 is 66.9 Å². The van der Waals surface area contributed by atoms with Crippen molar-refractivity contribution in [3.05, 3.63) is 73.3 Å². The molecule has 4 heterocycles. The fourth-order valence-corrected chi connectivity index (χ4v) is 5.57. The second-order valence-electron chi connectivity index (χ2n) is 8.58. The van der Waals surface area contributed by atoms with Crippen molar-refractivity contribution in [2.75, 3.05) is 41.1 Å². The fourth-order valence-electron chi connectivity index (χ4n) is 4.31. The van der Waals surface area contributed by atoms with E-state index in [1.807, 2.05) is 24.3 Å². The van der Waals surface area contributed by atoms with Gasteiger partial charge < -0.3 is 19.5 Å². The van der Waals surface area contributed by atoms with E-state index >= 15 is 0 Å². The summed E-state index contributed by atoms with van der Waals surface area (Å²) >= 11 is 5.63. The summed E-state index contributed by atoms with van der Waals surface area (Å²) in [6.07, 6.45) is 4.50. The molecule has 5 aromatic rings. The molecule has 200 valence electrons. The lowest BCUT2D eigenvalue weighted by molar-refractivity contribution is 0.389. The third kappa shape index (κ3) is 5.31. The molecule has 13 heteroatoms. The monoisotopic (exact) mass is 562 g/mol. The van der Waals surface area contributed by atoms with Gasteiger partial charge in [-0.3, -0.25) is 0 Å². The van der Waals surface area contributed by atoms with Crippen LogP contribution in [0.1, 0.15) is 7.43 Å². The van der Waals surface area contributed by atoms with Crippen LogP contribution in [0, 0.1) is 0 Å². The molecule has 0 saturated carbocycles. The van der Waals surface area contributed by atoms with E-state index in [0.29, 0.717) is 42.6 Å². The van der Waals surface area contributed by atoms with Gasteiger partial charge in [0.15, 0.2) is 16.5 Å². The summed E-state index contributed by atoms with van der Waals surface area (Å²) in [6, 6.07) is 15.8. The van der Waals surface area contributed by atoms with E-state index in [4.69, 9.17) is 16.6 Å². The first-order valence-corrected chi connectivity index (χ1v) is 13.7. The predicted molar refractivity (Wildman–Crippen MR) is 155 cm³/mol. The van der Waals surface area contributed by atoms with E-state index in [0.717, 1.165) is 22.3 Å². The lowest BCUT2D eigenvalue weighted by Gasteiger charge is -2.36. The van der Waals surface area contributed by atoms with Gasteiger partial charge in [0.1, 0.15) is 17.4 Å². The third-order valence-corrected chi connectivity index (χ3v) is 7.92. The van der Waals surface area contributed by atoms with Gasteiger partial charge in [0, 0.05) is 49.6 Å². The molecule has 0 atom stereocenters. The first kappa shape index (κ1) is 26.3. The van der Waals surface area contributed by atoms with Gasteiger partial charge in [-0.25, -0.2) is 33.1 Å². The molecule has 2 aromatic carbocycles. The number of hydrogen-bond acceptors (Lipinski definition) is 9. The highest BCUT2D eigenvalue weighted by molar-refractivity contribution is 7.92. The SMILES string of the molecule is C.O=S(=O)(Nc1ncccn1)c1ccc(NC(=S)N2CCN(c3ncnc4c3oc3ccccc34)CC2)cc1. The number of furan rings is 1. The molecule has 0 unspecified atom stereocenters. The third-order valence-electron chi connectivity index (χ3n) is 6.21. The summed E-state index contributed by atoms with van der Waals surface area (Å²) < 4.78 is 33.6. The van der Waals surface area contributed by atoms with E-state index in [9.17, 15) is 8.42 Å². The van der Waals surface area contributed by atoms with Gasteiger partial charge in [0.05, 0.1) is 4.90 Å². The van der Waals surface area contributed by atoms with Crippen LogP contribution in [0.4, 0.5) is 17.5 Å². The number of aromatic nitrogens is 4. The van der Waals surface area contributed by atoms with Crippen molar-refractivity contribution in [2.45, 2.75) is 12.3 Å². The molecule has 2 N–H and O–H groups in total. The molecule has 0 spiro atoms. The zero-order valence-corrected chi connectivity index (χ0v) is 21.6. The molecular weight excluding hydrogens is 536 g/mol. The second-order valence-corrected chi connectivity index (χ2v) is 10.6. The maximum Gasteiger partial charge on any atom is 0.264 e. The van der Waals surface area contributed by atoms with E-state index < -0.39 is 10.0 Å². The number of nitrogens with one attached hydrogen (secondary N) is 2. The summed E-state index contributed by atoms with van der Waals surface area (Å²) in [5.74, 6) is 0.786. The Kier molecular flexibility index (Phi) is 7.26. The molecule has 0 aliphatic carbocycles. The molecule has 0 amide bonds. The van der Waals surface area contributed by atoms with Crippen LogP contribution in [0.2, 0.25) is 0 Å². The Balaban J connectivity index is 0.00000308. The van der Waals surface area contributed by atoms with Crippen LogP contribution in [0.25, 0.3) is 22.1 Å². The highest BCUT2D eigenvalue weighted by atomic mass is 32.2. The summed E-state index contributed by atoms with van der Waals surface area (Å²) in [5.41, 5.74) is 2.97. The highest BCUT2D eigenvalue weighted by Gasteiger charge is 2.24. The van der Waals surface area contributed by atoms with Crippen LogP contribution in [-0.4, -0.2) is 64.5 Å². The van der Waals surface area contributed by atoms with E-state index in [1.54, 1.807) is 24.5 Å². The van der Waals surface area contributed by atoms with Crippen molar-refractivity contribution in [2.24, 2.45) is 0 Å². The van der Waals surface area contributed by atoms with E-state index in [2.05, 4.69) is 39.8 Å². The molecule has 1 aliphatic heterocycles. The number of thiocarbonyl (C=S) groups is 1. The minimum atomic E-state index is -3.81. The van der Waals surface area contributed by atoms with Gasteiger partial charge in [0.2, 0.25) is 5.95 Å². The zero-order chi connectivity index (χ0) is 26.1. The molecule has 6 rings (SSSR count). The highest BCUT2D eigenvalue weighted by Crippen LogP contribution is 2.32. The van der Waals surface area contributed by atoms with Gasteiger partial charge >= 0.3 is 0 Å². The van der Waals surface area contributed by atoms with Gasteiger partial charge in [-0.1, -0.05) is 19.6 Å². The second kappa shape index (κ2) is 10.8. The molecule has 3 aromatic heterocycles. The summed E-state index contributed by atoms with van der Waals surface area (Å²) in [7, 11) is -3.81. The van der Waals surface area contributed by atoms with Gasteiger partial charge in [0.25, 0.3) is 10.0 Å². The first-order valence-electron chi connectivity index (χ1n) is 11.8. The molecule has 1 aliphatic rings. The number of piperazine rings is 1. The molecule has 1 saturated heterocycles. The number of hydrogen-bond donors (Lipinski definition) is 2. The molecular formula is C26H26N8O3S2. The van der Waals surface area contributed by atoms with Crippen LogP contribution in [0.5, 0.6) is 0 Å². The summed E-state index contributed by atoms with van der Waals surface area (Å²) in [4.78, 5) is 21.1. The molecule has 11 nitrogen and oxygen atoms in total. The Morgan fingerprint density at radius 1 is 0.897 bits per heavy atom. The van der Waals surface area contributed by atoms with Gasteiger partial charge in [-0.05, 0) is 54.7 Å². The Bertz CT molecular complexity index is 1720. The van der Waals surface area contributed by atoms with Crippen LogP contribution in [0.15, 0.2) is 82.6 Å². The smallest absolute Gasteiger partial charge is 0.264 e. The van der Waals surface area contributed by atoms with Crippen LogP contribution < -0.4 is 14.9 Å². The minimum absolute atomic E-state index is 0. The summed E-state index contributed by atoms with van der Waals surface area (Å²) in [6.45, 7) is 2.78. The Morgan fingerprint density at radius 2 is 1.62 bits per heavy atom. The van der Waals surface area contributed by atoms with E-state index in [-0.39, 0.29) is 18.3 Å². The number of rotatable bonds is 5. The van der Waals surface area contributed by atoms with Gasteiger partial charge in [-0.15, -0.1) is 0 Å². The molecule has 1 fully saturated rings. The number of para-hydroxylation sites is 1. The van der Waals surface area contributed by atoms with E-state index in [1.165, 1.54) is 24.5 Å². The number of fused-ring (bicyclic) bond motifs is 3. The standard InChI is InChI=1S/C25H22N8O3S2.CH4/c34-38(35,31-24-26-10-3-11-27-24)18-8-6-17(7-9-18)30-25(37)33-14-12-32(13-15-33)23-22-21(28-16-29-23)19-4-1-2-5-20(19)36-22;/h1-11,16H,12-15H2,(H,30,37)(H,26,27,31);1H4. The Labute approximate surface area is 231 Å². The number of sulfonamides is 1. The molecule has 0 bridgehead atoms. The molecule has 0 radical (unpaired) electrons. The van der Waals surface area contributed by atoms with Crippen molar-refractivity contribution in [1.29, 1.82) is 0 Å². The summed E-state index contributed by atoms with van der Waals surface area (Å²) in [5, 5.41) is 4.73. The van der Waals surface area contributed by atoms with Crippen LogP contribution >= 0.6 is 12.2 Å². The quantitative estimate of drug-likeness (QED) is 0.300. The number of nitrogens with zero attached hydrogens (tertiary/aromatic N) is 6. The lowest BCUT2D eigenvalue weighted by atomic mass is 10.2.